The number of rotatable bonds is 9. The molecule has 21 heavy (non-hydrogen) atoms. The molecule has 0 radical (unpaired) electrons. The van der Waals surface area contributed by atoms with Gasteiger partial charge in [0.05, 0.1) is 4.90 Å². The minimum Gasteiger partial charge on any atom is -0.312 e. The molecule has 0 spiro atoms. The van der Waals surface area contributed by atoms with E-state index in [1.807, 2.05) is 5.38 Å². The quantitative estimate of drug-likeness (QED) is 0.684. The lowest BCUT2D eigenvalue weighted by molar-refractivity contribution is 0.133. The standard InChI is InChI=1S/C15H26N2O2S2/c1-3-9-16-11-13-14(6-10-20-13)21(18,19)17-12-15(4-2)7-5-8-15/h6,10,16-17H,3-5,7-9,11-12H2,1-2H3. The van der Waals surface area contributed by atoms with Gasteiger partial charge in [0, 0.05) is 18.0 Å². The zero-order valence-electron chi connectivity index (χ0n) is 12.9. The van der Waals surface area contributed by atoms with Crippen molar-refractivity contribution in [3.05, 3.63) is 16.3 Å². The first-order valence-corrected chi connectivity index (χ1v) is 10.2. The maximum absolute atomic E-state index is 12.5. The van der Waals surface area contributed by atoms with E-state index < -0.39 is 10.0 Å². The maximum Gasteiger partial charge on any atom is 0.241 e. The third-order valence-corrected chi connectivity index (χ3v) is 7.04. The van der Waals surface area contributed by atoms with Crippen LogP contribution in [0.3, 0.4) is 0 Å². The molecule has 1 aliphatic rings. The molecule has 1 aromatic heterocycles. The van der Waals surface area contributed by atoms with Crippen LogP contribution in [0, 0.1) is 5.41 Å². The minimum atomic E-state index is -3.38. The average molecular weight is 331 g/mol. The first kappa shape index (κ1) is 16.9. The Morgan fingerprint density at radius 2 is 2.10 bits per heavy atom. The Morgan fingerprint density at radius 3 is 2.67 bits per heavy atom. The first-order valence-electron chi connectivity index (χ1n) is 7.80. The summed E-state index contributed by atoms with van der Waals surface area (Å²) in [5.74, 6) is 0. The molecule has 0 atom stereocenters. The van der Waals surface area contributed by atoms with E-state index in [0.717, 1.165) is 37.1 Å². The van der Waals surface area contributed by atoms with Crippen molar-refractivity contribution in [2.45, 2.75) is 57.4 Å². The lowest BCUT2D eigenvalue weighted by atomic mass is 9.67. The molecule has 0 amide bonds. The number of hydrogen-bond donors (Lipinski definition) is 2. The summed E-state index contributed by atoms with van der Waals surface area (Å²) >= 11 is 1.50. The molecule has 0 aliphatic heterocycles. The van der Waals surface area contributed by atoms with Gasteiger partial charge in [0.2, 0.25) is 10.0 Å². The molecular formula is C15H26N2O2S2. The Bertz CT molecular complexity index is 542. The van der Waals surface area contributed by atoms with Gasteiger partial charge < -0.3 is 5.32 Å². The Labute approximate surface area is 132 Å². The van der Waals surface area contributed by atoms with Crippen molar-refractivity contribution in [2.75, 3.05) is 13.1 Å². The van der Waals surface area contributed by atoms with E-state index >= 15 is 0 Å². The summed E-state index contributed by atoms with van der Waals surface area (Å²) in [6.45, 7) is 6.36. The van der Waals surface area contributed by atoms with Crippen LogP contribution in [-0.2, 0) is 16.6 Å². The van der Waals surface area contributed by atoms with Crippen molar-refractivity contribution in [2.24, 2.45) is 5.41 Å². The monoisotopic (exact) mass is 330 g/mol. The highest BCUT2D eigenvalue weighted by molar-refractivity contribution is 7.89. The van der Waals surface area contributed by atoms with Gasteiger partial charge in [-0.15, -0.1) is 11.3 Å². The fourth-order valence-corrected chi connectivity index (χ4v) is 5.30. The number of nitrogens with one attached hydrogen (secondary N) is 2. The lowest BCUT2D eigenvalue weighted by Crippen LogP contribution is -2.41. The summed E-state index contributed by atoms with van der Waals surface area (Å²) in [4.78, 5) is 1.34. The highest BCUT2D eigenvalue weighted by atomic mass is 32.2. The zero-order chi connectivity index (χ0) is 15.3. The van der Waals surface area contributed by atoms with E-state index in [0.29, 0.717) is 18.0 Å². The van der Waals surface area contributed by atoms with E-state index in [9.17, 15) is 8.42 Å². The number of sulfonamides is 1. The maximum atomic E-state index is 12.5. The molecule has 0 bridgehead atoms. The first-order chi connectivity index (χ1) is 10.0. The summed E-state index contributed by atoms with van der Waals surface area (Å²) in [7, 11) is -3.38. The summed E-state index contributed by atoms with van der Waals surface area (Å²) < 4.78 is 27.9. The Hall–Kier alpha value is -0.430. The second-order valence-corrected chi connectivity index (χ2v) is 8.65. The molecule has 1 aromatic rings. The Balaban J connectivity index is 2.00. The van der Waals surface area contributed by atoms with Gasteiger partial charge in [-0.2, -0.15) is 0 Å². The van der Waals surface area contributed by atoms with Crippen LogP contribution in [0.4, 0.5) is 0 Å². The highest BCUT2D eigenvalue weighted by Gasteiger charge is 2.36. The third-order valence-electron chi connectivity index (χ3n) is 4.51. The summed E-state index contributed by atoms with van der Waals surface area (Å²) in [5.41, 5.74) is 0.198. The van der Waals surface area contributed by atoms with Crippen molar-refractivity contribution in [1.29, 1.82) is 0 Å². The molecule has 2 rings (SSSR count). The van der Waals surface area contributed by atoms with Crippen LogP contribution in [0.2, 0.25) is 0 Å². The molecule has 2 N–H and O–H groups in total. The van der Waals surface area contributed by atoms with Crippen LogP contribution in [-0.4, -0.2) is 21.5 Å². The SMILES string of the molecule is CCCNCc1sccc1S(=O)(=O)NCC1(CC)CCC1. The molecule has 120 valence electrons. The van der Waals surface area contributed by atoms with Gasteiger partial charge in [-0.05, 0) is 49.1 Å². The van der Waals surface area contributed by atoms with E-state index in [2.05, 4.69) is 23.9 Å². The Morgan fingerprint density at radius 1 is 1.33 bits per heavy atom. The minimum absolute atomic E-state index is 0.198. The molecule has 1 saturated carbocycles. The molecule has 0 aromatic carbocycles. The van der Waals surface area contributed by atoms with Gasteiger partial charge in [-0.25, -0.2) is 13.1 Å². The molecular weight excluding hydrogens is 304 g/mol. The second-order valence-electron chi connectivity index (χ2n) is 5.92. The Kier molecular flexibility index (Phi) is 5.82. The molecule has 1 heterocycles. The predicted octanol–water partition coefficient (Wildman–Crippen LogP) is 3.11. The predicted molar refractivity (Wildman–Crippen MR) is 88.1 cm³/mol. The molecule has 1 aliphatic carbocycles. The molecule has 6 heteroatoms. The fraction of sp³-hybridized carbons (Fsp3) is 0.733. The van der Waals surface area contributed by atoms with E-state index in [-0.39, 0.29) is 5.41 Å². The normalized spacial score (nSPS) is 17.6. The summed E-state index contributed by atoms with van der Waals surface area (Å²) in [6.07, 6.45) is 5.59. The fourth-order valence-electron chi connectivity index (χ4n) is 2.73. The van der Waals surface area contributed by atoms with Crippen molar-refractivity contribution < 1.29 is 8.42 Å². The molecule has 0 unspecified atom stereocenters. The smallest absolute Gasteiger partial charge is 0.241 e. The van der Waals surface area contributed by atoms with Crippen LogP contribution in [0.1, 0.15) is 50.8 Å². The van der Waals surface area contributed by atoms with Crippen molar-refractivity contribution in [1.82, 2.24) is 10.0 Å². The van der Waals surface area contributed by atoms with Crippen molar-refractivity contribution >= 4 is 21.4 Å². The van der Waals surface area contributed by atoms with Crippen LogP contribution < -0.4 is 10.0 Å². The second kappa shape index (κ2) is 7.22. The van der Waals surface area contributed by atoms with Crippen molar-refractivity contribution in [3.63, 3.8) is 0 Å². The zero-order valence-corrected chi connectivity index (χ0v) is 14.6. The van der Waals surface area contributed by atoms with E-state index in [4.69, 9.17) is 0 Å². The van der Waals surface area contributed by atoms with E-state index in [1.54, 1.807) is 6.07 Å². The van der Waals surface area contributed by atoms with Crippen LogP contribution in [0.5, 0.6) is 0 Å². The van der Waals surface area contributed by atoms with Gasteiger partial charge in [0.1, 0.15) is 0 Å². The van der Waals surface area contributed by atoms with Gasteiger partial charge in [0.25, 0.3) is 0 Å². The third kappa shape index (κ3) is 4.06. The van der Waals surface area contributed by atoms with Gasteiger partial charge in [-0.1, -0.05) is 20.3 Å². The topological polar surface area (TPSA) is 58.2 Å². The van der Waals surface area contributed by atoms with Crippen LogP contribution >= 0.6 is 11.3 Å². The molecule has 1 fully saturated rings. The summed E-state index contributed by atoms with van der Waals surface area (Å²) in [5, 5.41) is 5.13. The molecule has 0 saturated heterocycles. The van der Waals surface area contributed by atoms with Crippen molar-refractivity contribution in [3.8, 4) is 0 Å². The number of hydrogen-bond acceptors (Lipinski definition) is 4. The van der Waals surface area contributed by atoms with Gasteiger partial charge in [0.15, 0.2) is 0 Å². The average Bonchev–Trinajstić information content (AvgIpc) is 2.87. The van der Waals surface area contributed by atoms with Crippen LogP contribution in [0.15, 0.2) is 16.3 Å². The lowest BCUT2D eigenvalue weighted by Gasteiger charge is -2.41. The van der Waals surface area contributed by atoms with Crippen LogP contribution in [0.25, 0.3) is 0 Å². The number of thiophene rings is 1. The molecule has 4 nitrogen and oxygen atoms in total. The largest absolute Gasteiger partial charge is 0.312 e. The van der Waals surface area contributed by atoms with E-state index in [1.165, 1.54) is 17.8 Å². The highest BCUT2D eigenvalue weighted by Crippen LogP contribution is 2.43. The van der Waals surface area contributed by atoms with Gasteiger partial charge in [-0.3, -0.25) is 0 Å². The summed E-state index contributed by atoms with van der Waals surface area (Å²) in [6, 6.07) is 1.72. The van der Waals surface area contributed by atoms with Gasteiger partial charge >= 0.3 is 0 Å².